The highest BCUT2D eigenvalue weighted by Gasteiger charge is 2.25. The molecule has 0 fully saturated rings. The molecule has 0 aliphatic rings. The zero-order valence-electron chi connectivity index (χ0n) is 16.0. The van der Waals surface area contributed by atoms with Crippen LogP contribution >= 0.6 is 11.3 Å². The van der Waals surface area contributed by atoms with Crippen LogP contribution in [0.1, 0.15) is 56.7 Å². The summed E-state index contributed by atoms with van der Waals surface area (Å²) in [6.45, 7) is 10.4. The third-order valence-electron chi connectivity index (χ3n) is 4.16. The molecular weight excluding hydrogens is 328 g/mol. The van der Waals surface area contributed by atoms with E-state index in [9.17, 15) is 4.79 Å². The molecule has 136 valence electrons. The number of thiophene rings is 1. The molecule has 0 aliphatic carbocycles. The second-order valence-electron chi connectivity index (χ2n) is 7.48. The molecule has 2 rings (SSSR count). The van der Waals surface area contributed by atoms with E-state index in [0.29, 0.717) is 5.92 Å². The molecule has 25 heavy (non-hydrogen) atoms. The van der Waals surface area contributed by atoms with Crippen molar-refractivity contribution >= 4 is 17.2 Å². The number of benzene rings is 1. The maximum absolute atomic E-state index is 12.3. The first kappa shape index (κ1) is 19.7. The van der Waals surface area contributed by atoms with Gasteiger partial charge >= 0.3 is 0 Å². The Morgan fingerprint density at radius 2 is 1.76 bits per heavy atom. The van der Waals surface area contributed by atoms with Crippen LogP contribution < -0.4 is 10.6 Å². The first-order valence-corrected chi connectivity index (χ1v) is 10.0. The monoisotopic (exact) mass is 359 g/mol. The lowest BCUT2D eigenvalue weighted by molar-refractivity contribution is -0.704. The molecular formula is C21H31N2OS+. The lowest BCUT2D eigenvalue weighted by Gasteiger charge is -2.20. The van der Waals surface area contributed by atoms with Crippen LogP contribution in [0.2, 0.25) is 0 Å². The van der Waals surface area contributed by atoms with Gasteiger partial charge in [-0.2, -0.15) is 0 Å². The molecule has 0 bridgehead atoms. The Morgan fingerprint density at radius 1 is 1.08 bits per heavy atom. The molecule has 1 aromatic carbocycles. The fraction of sp³-hybridized carbons (Fsp3) is 0.476. The minimum absolute atomic E-state index is 0.0907. The van der Waals surface area contributed by atoms with Gasteiger partial charge in [-0.25, -0.2) is 0 Å². The second-order valence-corrected chi connectivity index (χ2v) is 8.46. The lowest BCUT2D eigenvalue weighted by Crippen LogP contribution is -2.92. The van der Waals surface area contributed by atoms with Crippen molar-refractivity contribution in [2.45, 2.75) is 59.2 Å². The average molecular weight is 360 g/mol. The average Bonchev–Trinajstić information content (AvgIpc) is 3.06. The Balaban J connectivity index is 2.18. The molecule has 3 nitrogen and oxygen atoms in total. The molecule has 3 N–H and O–H groups in total. The minimum atomic E-state index is -0.134. The number of hydrogen-bond donors (Lipinski definition) is 2. The van der Waals surface area contributed by atoms with E-state index in [0.717, 1.165) is 6.42 Å². The Kier molecular flexibility index (Phi) is 7.21. The van der Waals surface area contributed by atoms with Crippen molar-refractivity contribution in [2.24, 2.45) is 5.92 Å². The largest absolute Gasteiger partial charge is 0.349 e. The molecule has 2 atom stereocenters. The third kappa shape index (κ3) is 5.98. The van der Waals surface area contributed by atoms with Gasteiger partial charge < -0.3 is 10.6 Å². The van der Waals surface area contributed by atoms with Crippen molar-refractivity contribution in [3.8, 4) is 0 Å². The molecule has 0 radical (unpaired) electrons. The summed E-state index contributed by atoms with van der Waals surface area (Å²) in [6.07, 6.45) is 1.10. The Morgan fingerprint density at radius 3 is 2.28 bits per heavy atom. The number of hydrogen-bond acceptors (Lipinski definition) is 2. The van der Waals surface area contributed by atoms with Crippen LogP contribution in [0.15, 0.2) is 41.8 Å². The van der Waals surface area contributed by atoms with Gasteiger partial charge in [-0.3, -0.25) is 4.79 Å². The lowest BCUT2D eigenvalue weighted by atomic mass is 9.98. The van der Waals surface area contributed by atoms with Gasteiger partial charge in [-0.1, -0.05) is 44.2 Å². The second kappa shape index (κ2) is 9.16. The van der Waals surface area contributed by atoms with E-state index >= 15 is 0 Å². The normalized spacial score (nSPS) is 13.9. The fourth-order valence-electron chi connectivity index (χ4n) is 2.96. The van der Waals surface area contributed by atoms with Crippen molar-refractivity contribution < 1.29 is 10.1 Å². The van der Waals surface area contributed by atoms with E-state index in [2.05, 4.69) is 66.3 Å². The number of nitrogens with two attached hydrogens (primary N) is 1. The number of quaternary nitrogens is 1. The van der Waals surface area contributed by atoms with Crippen molar-refractivity contribution in [1.29, 1.82) is 0 Å². The quantitative estimate of drug-likeness (QED) is 0.744. The van der Waals surface area contributed by atoms with E-state index in [-0.39, 0.29) is 24.0 Å². The summed E-state index contributed by atoms with van der Waals surface area (Å²) in [5.74, 6) is 0.748. The van der Waals surface area contributed by atoms with Crippen LogP contribution in [0.25, 0.3) is 0 Å². The maximum atomic E-state index is 12.3. The van der Waals surface area contributed by atoms with Crippen molar-refractivity contribution in [2.75, 3.05) is 0 Å². The van der Waals surface area contributed by atoms with Gasteiger partial charge in [0.25, 0.3) is 5.91 Å². The Labute approximate surface area is 155 Å². The number of rotatable bonds is 8. The number of nitrogens with one attached hydrogen (secondary N) is 1. The van der Waals surface area contributed by atoms with Crippen molar-refractivity contribution in [3.63, 3.8) is 0 Å². The van der Waals surface area contributed by atoms with Gasteiger partial charge in [0, 0.05) is 11.6 Å². The topological polar surface area (TPSA) is 45.7 Å². The first-order valence-electron chi connectivity index (χ1n) is 9.14. The zero-order valence-corrected chi connectivity index (χ0v) is 16.8. The summed E-state index contributed by atoms with van der Waals surface area (Å²) >= 11 is 1.75. The van der Waals surface area contributed by atoms with Gasteiger partial charge in [0.2, 0.25) is 0 Å². The van der Waals surface area contributed by atoms with Crippen LogP contribution in [0.3, 0.4) is 0 Å². The summed E-state index contributed by atoms with van der Waals surface area (Å²) in [5.41, 5.74) is 2.62. The molecule has 4 heteroatoms. The summed E-state index contributed by atoms with van der Waals surface area (Å²) in [4.78, 5) is 13.6. The molecule has 0 spiro atoms. The van der Waals surface area contributed by atoms with Crippen LogP contribution in [-0.4, -0.2) is 18.0 Å². The van der Waals surface area contributed by atoms with E-state index in [1.807, 2.05) is 20.8 Å². The standard InChI is InChI=1S/C21H30N2OS/c1-14(2)13-17-8-10-18(11-9-17)20(19-7-6-12-25-19)23-16(5)21(24)22-15(3)4/h6-12,14-16,20,23H,13H2,1-5H3,(H,22,24)/p+1/t16-,20+/m1/s1. The highest BCUT2D eigenvalue weighted by Crippen LogP contribution is 2.23. The molecule has 1 amide bonds. The van der Waals surface area contributed by atoms with Gasteiger partial charge in [-0.15, -0.1) is 11.3 Å². The van der Waals surface area contributed by atoms with Crippen molar-refractivity contribution in [1.82, 2.24) is 5.32 Å². The summed E-state index contributed by atoms with van der Waals surface area (Å²) in [5, 5.41) is 7.28. The molecule has 0 aliphatic heterocycles. The Bertz CT molecular complexity index is 647. The van der Waals surface area contributed by atoms with E-state index in [1.165, 1.54) is 16.0 Å². The van der Waals surface area contributed by atoms with Gasteiger partial charge in [-0.05, 0) is 50.1 Å². The van der Waals surface area contributed by atoms with Crippen molar-refractivity contribution in [3.05, 3.63) is 57.8 Å². The van der Waals surface area contributed by atoms with Gasteiger partial charge in [0.1, 0.15) is 6.04 Å². The maximum Gasteiger partial charge on any atom is 0.278 e. The molecule has 1 heterocycles. The van der Waals surface area contributed by atoms with E-state index < -0.39 is 0 Å². The van der Waals surface area contributed by atoms with Crippen LogP contribution in [0.5, 0.6) is 0 Å². The van der Waals surface area contributed by atoms with Gasteiger partial charge in [0.15, 0.2) is 6.04 Å². The summed E-state index contributed by atoms with van der Waals surface area (Å²) in [6, 6.07) is 13.3. The predicted molar refractivity (Wildman–Crippen MR) is 106 cm³/mol. The Hall–Kier alpha value is -1.65. The summed E-state index contributed by atoms with van der Waals surface area (Å²) in [7, 11) is 0. The molecule has 0 saturated heterocycles. The smallest absolute Gasteiger partial charge is 0.278 e. The minimum Gasteiger partial charge on any atom is -0.349 e. The van der Waals surface area contributed by atoms with Crippen LogP contribution in [0, 0.1) is 5.92 Å². The molecule has 0 saturated carbocycles. The predicted octanol–water partition coefficient (Wildman–Crippen LogP) is 3.51. The third-order valence-corrected chi connectivity index (χ3v) is 5.11. The fourth-order valence-corrected chi connectivity index (χ4v) is 3.80. The molecule has 1 aromatic heterocycles. The molecule has 0 unspecified atom stereocenters. The number of carbonyl (C=O) groups is 1. The highest BCUT2D eigenvalue weighted by molar-refractivity contribution is 7.10. The number of carbonyl (C=O) groups excluding carboxylic acids is 1. The van der Waals surface area contributed by atoms with Gasteiger partial charge in [0.05, 0.1) is 4.88 Å². The highest BCUT2D eigenvalue weighted by atomic mass is 32.1. The first-order chi connectivity index (χ1) is 11.9. The zero-order chi connectivity index (χ0) is 18.4. The SMILES string of the molecule is CC(C)Cc1ccc([C@H]([NH2+][C@H](C)C(=O)NC(C)C)c2cccs2)cc1. The van der Waals surface area contributed by atoms with E-state index in [1.54, 1.807) is 11.3 Å². The van der Waals surface area contributed by atoms with E-state index in [4.69, 9.17) is 0 Å². The number of amides is 1. The molecule has 2 aromatic rings. The summed E-state index contributed by atoms with van der Waals surface area (Å²) < 4.78 is 0. The van der Waals surface area contributed by atoms with Crippen LogP contribution in [-0.2, 0) is 11.2 Å². The van der Waals surface area contributed by atoms with Crippen LogP contribution in [0.4, 0.5) is 0 Å².